The van der Waals surface area contributed by atoms with Crippen molar-refractivity contribution in [1.29, 1.82) is 0 Å². The molecular formula is C12H24O2S. The first kappa shape index (κ1) is 14.8. The third-order valence-electron chi connectivity index (χ3n) is 2.62. The van der Waals surface area contributed by atoms with Gasteiger partial charge < -0.3 is 5.11 Å². The molecule has 0 aliphatic heterocycles. The number of carbonyl (C=O) groups is 1. The maximum Gasteiger partial charge on any atom is 0.316 e. The minimum absolute atomic E-state index is 0.468. The Morgan fingerprint density at radius 3 is 2.00 bits per heavy atom. The van der Waals surface area contributed by atoms with Crippen LogP contribution in [-0.2, 0) is 4.79 Å². The van der Waals surface area contributed by atoms with Crippen LogP contribution in [0.2, 0.25) is 0 Å². The summed E-state index contributed by atoms with van der Waals surface area (Å²) in [5, 5.41) is 8.14. The highest BCUT2D eigenvalue weighted by Gasteiger charge is 2.10. The van der Waals surface area contributed by atoms with Crippen molar-refractivity contribution in [2.45, 2.75) is 70.0 Å². The Hall–Kier alpha value is -0.180. The van der Waals surface area contributed by atoms with Crippen LogP contribution in [0.25, 0.3) is 0 Å². The molecule has 0 saturated heterocycles. The van der Waals surface area contributed by atoms with E-state index in [0.29, 0.717) is 6.42 Å². The lowest BCUT2D eigenvalue weighted by molar-refractivity contribution is -0.136. The van der Waals surface area contributed by atoms with Gasteiger partial charge in [-0.2, -0.15) is 12.6 Å². The molecule has 0 rings (SSSR count). The Morgan fingerprint density at radius 2 is 1.53 bits per heavy atom. The molecule has 0 saturated carbocycles. The van der Waals surface area contributed by atoms with E-state index in [1.807, 2.05) is 0 Å². The van der Waals surface area contributed by atoms with Crippen LogP contribution in [0.1, 0.15) is 64.7 Å². The van der Waals surface area contributed by atoms with Crippen molar-refractivity contribution in [3.63, 3.8) is 0 Å². The van der Waals surface area contributed by atoms with Gasteiger partial charge in [-0.05, 0) is 6.42 Å². The van der Waals surface area contributed by atoms with Crippen LogP contribution in [0.4, 0.5) is 0 Å². The van der Waals surface area contributed by atoms with Gasteiger partial charge in [0.1, 0.15) is 0 Å². The van der Waals surface area contributed by atoms with Crippen LogP contribution in [0.3, 0.4) is 0 Å². The molecule has 2 nitrogen and oxygen atoms in total. The van der Waals surface area contributed by atoms with Gasteiger partial charge in [0, 0.05) is 0 Å². The maximum atomic E-state index is 10.5. The van der Waals surface area contributed by atoms with Gasteiger partial charge in [-0.1, -0.05) is 58.3 Å². The van der Waals surface area contributed by atoms with Crippen molar-refractivity contribution in [3.05, 3.63) is 0 Å². The summed E-state index contributed by atoms with van der Waals surface area (Å²) in [5.41, 5.74) is 0. The molecule has 0 bridgehead atoms. The van der Waals surface area contributed by atoms with Crippen molar-refractivity contribution in [1.82, 2.24) is 0 Å². The molecule has 0 fully saturated rings. The standard InChI is InChI=1S/C12H24O2S/c1-2-3-4-5-6-7-8-9-10-11(15)12(13)14/h11,15H,2-10H2,1H3,(H,13,14). The molecule has 1 atom stereocenters. The fourth-order valence-corrected chi connectivity index (χ4v) is 1.78. The first-order valence-corrected chi connectivity index (χ1v) is 6.61. The van der Waals surface area contributed by atoms with Gasteiger partial charge in [-0.3, -0.25) is 4.79 Å². The second kappa shape index (κ2) is 10.3. The third kappa shape index (κ3) is 10.1. The van der Waals surface area contributed by atoms with Crippen LogP contribution in [-0.4, -0.2) is 16.3 Å². The topological polar surface area (TPSA) is 37.3 Å². The molecular weight excluding hydrogens is 208 g/mol. The van der Waals surface area contributed by atoms with Crippen molar-refractivity contribution in [3.8, 4) is 0 Å². The molecule has 1 N–H and O–H groups in total. The molecule has 3 heteroatoms. The smallest absolute Gasteiger partial charge is 0.316 e. The van der Waals surface area contributed by atoms with Gasteiger partial charge in [0.15, 0.2) is 0 Å². The second-order valence-electron chi connectivity index (χ2n) is 4.12. The molecule has 0 radical (unpaired) electrons. The molecule has 0 amide bonds. The molecule has 0 spiro atoms. The number of carboxylic acid groups (broad SMARTS) is 1. The molecule has 0 aromatic heterocycles. The highest BCUT2D eigenvalue weighted by atomic mass is 32.1. The lowest BCUT2D eigenvalue weighted by atomic mass is 10.1. The summed E-state index contributed by atoms with van der Waals surface area (Å²) in [7, 11) is 0. The molecule has 0 aromatic rings. The van der Waals surface area contributed by atoms with Crippen LogP contribution in [0.5, 0.6) is 0 Å². The van der Waals surface area contributed by atoms with E-state index in [9.17, 15) is 4.79 Å². The zero-order valence-corrected chi connectivity index (χ0v) is 10.6. The highest BCUT2D eigenvalue weighted by molar-refractivity contribution is 7.81. The SMILES string of the molecule is CCCCCCCCCCC(S)C(=O)O. The summed E-state index contributed by atoms with van der Waals surface area (Å²) in [4.78, 5) is 10.5. The lowest BCUT2D eigenvalue weighted by Gasteiger charge is -2.04. The van der Waals surface area contributed by atoms with E-state index >= 15 is 0 Å². The Bertz CT molecular complexity index is 160. The number of unbranched alkanes of at least 4 members (excludes halogenated alkanes) is 7. The minimum atomic E-state index is -0.790. The normalized spacial score (nSPS) is 12.7. The zero-order valence-electron chi connectivity index (χ0n) is 9.74. The van der Waals surface area contributed by atoms with Crippen molar-refractivity contribution < 1.29 is 9.90 Å². The van der Waals surface area contributed by atoms with Gasteiger partial charge >= 0.3 is 5.97 Å². The number of thiol groups is 1. The first-order chi connectivity index (χ1) is 7.18. The van der Waals surface area contributed by atoms with Gasteiger partial charge in [0.2, 0.25) is 0 Å². The fourth-order valence-electron chi connectivity index (χ4n) is 1.60. The van der Waals surface area contributed by atoms with Crippen LogP contribution in [0.15, 0.2) is 0 Å². The predicted molar refractivity (Wildman–Crippen MR) is 67.6 cm³/mol. The molecule has 0 aliphatic rings. The van der Waals surface area contributed by atoms with E-state index in [1.54, 1.807) is 0 Å². The summed E-state index contributed by atoms with van der Waals surface area (Å²) >= 11 is 4.00. The van der Waals surface area contributed by atoms with E-state index in [0.717, 1.165) is 12.8 Å². The summed E-state index contributed by atoms with van der Waals surface area (Å²) in [6.07, 6.45) is 10.7. The second-order valence-corrected chi connectivity index (χ2v) is 4.74. The maximum absolute atomic E-state index is 10.5. The van der Waals surface area contributed by atoms with Crippen LogP contribution >= 0.6 is 12.6 Å². The average Bonchev–Trinajstić information content (AvgIpc) is 2.21. The van der Waals surface area contributed by atoms with E-state index in [-0.39, 0.29) is 0 Å². The average molecular weight is 232 g/mol. The molecule has 0 heterocycles. The number of carboxylic acids is 1. The zero-order chi connectivity index (χ0) is 11.5. The Morgan fingerprint density at radius 1 is 1.07 bits per heavy atom. The van der Waals surface area contributed by atoms with Crippen molar-refractivity contribution in [2.24, 2.45) is 0 Å². The summed E-state index contributed by atoms with van der Waals surface area (Å²) in [6.45, 7) is 2.22. The number of hydrogen-bond acceptors (Lipinski definition) is 2. The predicted octanol–water partition coefficient (Wildman–Crippen LogP) is 3.90. The molecule has 1 unspecified atom stereocenters. The van der Waals surface area contributed by atoms with Gasteiger partial charge in [0.25, 0.3) is 0 Å². The number of aliphatic carboxylic acids is 1. The quantitative estimate of drug-likeness (QED) is 0.443. The summed E-state index contributed by atoms with van der Waals surface area (Å²) < 4.78 is 0. The Labute approximate surface area is 98.9 Å². The molecule has 0 aliphatic carbocycles. The number of hydrogen-bond donors (Lipinski definition) is 2. The summed E-state index contributed by atoms with van der Waals surface area (Å²) in [6, 6.07) is 0. The summed E-state index contributed by atoms with van der Waals surface area (Å²) in [5.74, 6) is -0.790. The Kier molecular flexibility index (Phi) is 10.2. The lowest BCUT2D eigenvalue weighted by Crippen LogP contribution is -2.12. The van der Waals surface area contributed by atoms with Crippen molar-refractivity contribution >= 4 is 18.6 Å². The third-order valence-corrected chi connectivity index (χ3v) is 3.10. The van der Waals surface area contributed by atoms with E-state index in [1.165, 1.54) is 38.5 Å². The van der Waals surface area contributed by atoms with E-state index < -0.39 is 11.2 Å². The molecule has 0 aromatic carbocycles. The fraction of sp³-hybridized carbons (Fsp3) is 0.917. The highest BCUT2D eigenvalue weighted by Crippen LogP contribution is 2.12. The molecule has 90 valence electrons. The first-order valence-electron chi connectivity index (χ1n) is 6.09. The van der Waals surface area contributed by atoms with Crippen LogP contribution < -0.4 is 0 Å². The van der Waals surface area contributed by atoms with Crippen molar-refractivity contribution in [2.75, 3.05) is 0 Å². The number of rotatable bonds is 10. The van der Waals surface area contributed by atoms with Gasteiger partial charge in [-0.15, -0.1) is 0 Å². The van der Waals surface area contributed by atoms with Crippen LogP contribution in [0, 0.1) is 0 Å². The minimum Gasteiger partial charge on any atom is -0.480 e. The van der Waals surface area contributed by atoms with Gasteiger partial charge in [-0.25, -0.2) is 0 Å². The van der Waals surface area contributed by atoms with E-state index in [4.69, 9.17) is 5.11 Å². The monoisotopic (exact) mass is 232 g/mol. The molecule has 15 heavy (non-hydrogen) atoms. The largest absolute Gasteiger partial charge is 0.480 e. The van der Waals surface area contributed by atoms with E-state index in [2.05, 4.69) is 19.6 Å². The Balaban J connectivity index is 3.08. The van der Waals surface area contributed by atoms with Gasteiger partial charge in [0.05, 0.1) is 5.25 Å².